The van der Waals surface area contributed by atoms with Crippen molar-refractivity contribution in [2.24, 2.45) is 0 Å². The molecule has 4 rings (SSSR count). The van der Waals surface area contributed by atoms with Crippen molar-refractivity contribution in [3.63, 3.8) is 0 Å². The second kappa shape index (κ2) is 8.29. The van der Waals surface area contributed by atoms with Crippen LogP contribution in [-0.4, -0.2) is 8.07 Å². The number of rotatable bonds is 4. The van der Waals surface area contributed by atoms with Crippen LogP contribution in [0.3, 0.4) is 0 Å². The normalized spacial score (nSPS) is 18.6. The zero-order valence-corrected chi connectivity index (χ0v) is 22.9. The van der Waals surface area contributed by atoms with Crippen molar-refractivity contribution in [3.8, 4) is 0 Å². The number of benzene rings is 3. The molecule has 0 heterocycles. The molecule has 0 N–H and O–H groups in total. The summed E-state index contributed by atoms with van der Waals surface area (Å²) in [7, 11) is -2.55. The average molecular weight is 451 g/mol. The SMILES string of the molecule is CC1=CC(C)([Si](c2cccc(C)c2)(c2cc(C)cc(C)c2)c2cc(C)cc(C)c2)C(C)=C1C. The molecule has 0 radical (unpaired) electrons. The van der Waals surface area contributed by atoms with E-state index in [2.05, 4.69) is 129 Å². The Labute approximate surface area is 202 Å². The first-order chi connectivity index (χ1) is 15.5. The second-order valence-corrected chi connectivity index (χ2v) is 14.9. The molecule has 1 heteroatoms. The molecule has 0 saturated carbocycles. The molecule has 0 spiro atoms. The van der Waals surface area contributed by atoms with E-state index in [0.717, 1.165) is 0 Å². The van der Waals surface area contributed by atoms with Crippen LogP contribution in [0.4, 0.5) is 0 Å². The zero-order valence-electron chi connectivity index (χ0n) is 21.9. The van der Waals surface area contributed by atoms with Crippen molar-refractivity contribution >= 4 is 23.6 Å². The van der Waals surface area contributed by atoms with Crippen molar-refractivity contribution in [1.29, 1.82) is 0 Å². The molecule has 1 aliphatic carbocycles. The molecule has 33 heavy (non-hydrogen) atoms. The van der Waals surface area contributed by atoms with Gasteiger partial charge in [-0.15, -0.1) is 0 Å². The van der Waals surface area contributed by atoms with Gasteiger partial charge in [0.2, 0.25) is 0 Å². The summed E-state index contributed by atoms with van der Waals surface area (Å²) in [5.41, 5.74) is 11.1. The lowest BCUT2D eigenvalue weighted by atomic mass is 10.0. The summed E-state index contributed by atoms with van der Waals surface area (Å²) < 4.78 is 0. The van der Waals surface area contributed by atoms with Crippen LogP contribution in [0, 0.1) is 34.6 Å². The highest BCUT2D eigenvalue weighted by Crippen LogP contribution is 2.52. The fraction of sp³-hybridized carbons (Fsp3) is 0.312. The molecule has 0 aromatic heterocycles. The van der Waals surface area contributed by atoms with Gasteiger partial charge >= 0.3 is 0 Å². The molecule has 1 atom stereocenters. The van der Waals surface area contributed by atoms with Crippen LogP contribution in [-0.2, 0) is 0 Å². The van der Waals surface area contributed by atoms with E-state index in [1.54, 1.807) is 0 Å². The number of aryl methyl sites for hydroxylation is 5. The predicted molar refractivity (Wildman–Crippen MR) is 148 cm³/mol. The van der Waals surface area contributed by atoms with Gasteiger partial charge in [-0.2, -0.15) is 0 Å². The molecule has 0 nitrogen and oxygen atoms in total. The largest absolute Gasteiger partial charge is 0.161 e. The standard InChI is InChI=1S/C32H38Si/c1-21-11-10-12-29(15-21)33(30-16-22(2)13-23(3)17-30,31-18-24(4)14-25(5)19-31)32(9)20-26(6)27(7)28(32)8/h10-20H,1-9H3. The molecule has 3 aromatic carbocycles. The quantitative estimate of drug-likeness (QED) is 0.304. The fourth-order valence-corrected chi connectivity index (χ4v) is 12.9. The highest BCUT2D eigenvalue weighted by Gasteiger charge is 2.56. The van der Waals surface area contributed by atoms with Crippen LogP contribution in [0.15, 0.2) is 83.5 Å². The maximum absolute atomic E-state index is 2.60. The maximum atomic E-state index is 2.60. The van der Waals surface area contributed by atoms with Gasteiger partial charge in [-0.25, -0.2) is 0 Å². The van der Waals surface area contributed by atoms with E-state index in [0.29, 0.717) is 0 Å². The van der Waals surface area contributed by atoms with Crippen LogP contribution in [0.5, 0.6) is 0 Å². The topological polar surface area (TPSA) is 0 Å². The molecule has 0 bridgehead atoms. The van der Waals surface area contributed by atoms with E-state index >= 15 is 0 Å². The van der Waals surface area contributed by atoms with Crippen molar-refractivity contribution in [1.82, 2.24) is 0 Å². The third kappa shape index (κ3) is 3.67. The fourth-order valence-electron chi connectivity index (χ4n) is 6.38. The Balaban J connectivity index is 2.28. The zero-order chi connectivity index (χ0) is 24.1. The number of hydrogen-bond donors (Lipinski definition) is 0. The molecule has 0 amide bonds. The van der Waals surface area contributed by atoms with Crippen LogP contribution >= 0.6 is 0 Å². The van der Waals surface area contributed by atoms with Crippen LogP contribution < -0.4 is 15.6 Å². The van der Waals surface area contributed by atoms with Crippen LogP contribution in [0.2, 0.25) is 5.04 Å². The van der Waals surface area contributed by atoms with E-state index in [-0.39, 0.29) is 5.04 Å². The minimum absolute atomic E-state index is 0.0601. The monoisotopic (exact) mass is 450 g/mol. The molecule has 0 saturated heterocycles. The molecule has 0 fully saturated rings. The maximum Gasteiger partial charge on any atom is 0.161 e. The number of allylic oxidation sites excluding steroid dienone is 4. The highest BCUT2D eigenvalue weighted by atomic mass is 28.3. The molecule has 3 aromatic rings. The average Bonchev–Trinajstić information content (AvgIpc) is 2.90. The van der Waals surface area contributed by atoms with Gasteiger partial charge in [-0.1, -0.05) is 113 Å². The first kappa shape index (κ1) is 23.5. The van der Waals surface area contributed by atoms with Gasteiger partial charge < -0.3 is 0 Å². The Kier molecular flexibility index (Phi) is 5.91. The van der Waals surface area contributed by atoms with E-state index in [9.17, 15) is 0 Å². The minimum atomic E-state index is -2.55. The molecule has 1 aliphatic rings. The summed E-state index contributed by atoms with van der Waals surface area (Å²) in [4.78, 5) is 0. The molecular weight excluding hydrogens is 412 g/mol. The second-order valence-electron chi connectivity index (χ2n) is 10.7. The summed E-state index contributed by atoms with van der Waals surface area (Å²) in [6.45, 7) is 20.7. The van der Waals surface area contributed by atoms with E-state index < -0.39 is 8.07 Å². The molecular formula is C32H38Si. The van der Waals surface area contributed by atoms with Crippen molar-refractivity contribution in [2.75, 3.05) is 0 Å². The Morgan fingerprint density at radius 1 is 0.545 bits per heavy atom. The third-order valence-corrected chi connectivity index (χ3v) is 13.5. The van der Waals surface area contributed by atoms with Crippen LogP contribution in [0.25, 0.3) is 0 Å². The number of hydrogen-bond acceptors (Lipinski definition) is 0. The van der Waals surface area contributed by atoms with Gasteiger partial charge in [0.15, 0.2) is 8.07 Å². The highest BCUT2D eigenvalue weighted by molar-refractivity contribution is 7.14. The summed E-state index contributed by atoms with van der Waals surface area (Å²) in [5.74, 6) is 0. The van der Waals surface area contributed by atoms with E-state index in [1.807, 2.05) is 0 Å². The lowest BCUT2D eigenvalue weighted by molar-refractivity contribution is 0.870. The Hall–Kier alpha value is -2.64. The minimum Gasteiger partial charge on any atom is -0.0730 e. The summed E-state index contributed by atoms with van der Waals surface area (Å²) in [5, 5.41) is 4.46. The van der Waals surface area contributed by atoms with Gasteiger partial charge in [0.1, 0.15) is 0 Å². The lowest BCUT2D eigenvalue weighted by Gasteiger charge is -2.47. The van der Waals surface area contributed by atoms with E-state index in [4.69, 9.17) is 0 Å². The van der Waals surface area contributed by atoms with Crippen molar-refractivity contribution in [3.05, 3.63) is 111 Å². The smallest absolute Gasteiger partial charge is 0.0730 e. The Bertz CT molecular complexity index is 1210. The van der Waals surface area contributed by atoms with E-state index in [1.165, 1.54) is 60.1 Å². The first-order valence-electron chi connectivity index (χ1n) is 12.1. The van der Waals surface area contributed by atoms with Crippen molar-refractivity contribution < 1.29 is 0 Å². The van der Waals surface area contributed by atoms with Gasteiger partial charge in [0.25, 0.3) is 0 Å². The Morgan fingerprint density at radius 3 is 1.39 bits per heavy atom. The lowest BCUT2D eigenvalue weighted by Crippen LogP contribution is -2.73. The molecule has 1 unspecified atom stereocenters. The summed E-state index contributed by atoms with van der Waals surface area (Å²) in [6.07, 6.45) is 2.60. The van der Waals surface area contributed by atoms with Gasteiger partial charge in [-0.05, 0) is 76.5 Å². The molecule has 0 aliphatic heterocycles. The summed E-state index contributed by atoms with van der Waals surface area (Å²) in [6, 6.07) is 23.9. The third-order valence-electron chi connectivity index (χ3n) is 7.98. The van der Waals surface area contributed by atoms with Gasteiger partial charge in [0.05, 0.1) is 0 Å². The van der Waals surface area contributed by atoms with Crippen LogP contribution in [0.1, 0.15) is 55.5 Å². The van der Waals surface area contributed by atoms with Gasteiger partial charge in [-0.3, -0.25) is 0 Å². The summed E-state index contributed by atoms with van der Waals surface area (Å²) >= 11 is 0. The van der Waals surface area contributed by atoms with Crippen molar-refractivity contribution in [2.45, 2.75) is 67.4 Å². The first-order valence-corrected chi connectivity index (χ1v) is 14.1. The Morgan fingerprint density at radius 2 is 1.00 bits per heavy atom. The van der Waals surface area contributed by atoms with Gasteiger partial charge in [0, 0.05) is 5.04 Å². The predicted octanol–water partition coefficient (Wildman–Crippen LogP) is 6.76. The molecule has 170 valence electrons.